The molecule has 1 unspecified atom stereocenters. The topological polar surface area (TPSA) is 32.3 Å². The molecule has 1 atom stereocenters. The number of nitrogens with one attached hydrogen (secondary N) is 1. The van der Waals surface area contributed by atoms with E-state index < -0.39 is 5.54 Å². The molecule has 0 spiro atoms. The number of hydrogen-bond acceptors (Lipinski definition) is 3. The first-order valence-corrected chi connectivity index (χ1v) is 4.92. The van der Waals surface area contributed by atoms with E-state index in [2.05, 4.69) is 5.43 Å². The number of rotatable bonds is 1. The number of carbonyl (C=O) groups is 1. The van der Waals surface area contributed by atoms with Gasteiger partial charge in [-0.3, -0.25) is 4.79 Å². The third-order valence-corrected chi connectivity index (χ3v) is 2.69. The molecule has 0 radical (unpaired) electrons. The van der Waals surface area contributed by atoms with Gasteiger partial charge in [-0.15, -0.1) is 0 Å². The zero-order chi connectivity index (χ0) is 10.9. The quantitative estimate of drug-likeness (QED) is 0.747. The number of benzene rings is 1. The molecule has 1 aromatic rings. The third-order valence-electron chi connectivity index (χ3n) is 2.69. The molecule has 1 aromatic carbocycles. The first-order chi connectivity index (χ1) is 7.13. The molecular formula is C12H14N2O. The lowest BCUT2D eigenvalue weighted by Crippen LogP contribution is -2.54. The van der Waals surface area contributed by atoms with E-state index in [1.165, 1.54) is 0 Å². The Kier molecular flexibility index (Phi) is 2.32. The van der Waals surface area contributed by atoms with Gasteiger partial charge in [0.1, 0.15) is 5.54 Å². The molecule has 0 fully saturated rings. The summed E-state index contributed by atoms with van der Waals surface area (Å²) in [6.45, 7) is 1.89. The van der Waals surface area contributed by atoms with Crippen molar-refractivity contribution in [2.75, 3.05) is 7.05 Å². The molecule has 0 amide bonds. The minimum Gasteiger partial charge on any atom is -0.317 e. The predicted octanol–water partition coefficient (Wildman–Crippen LogP) is 1.43. The van der Waals surface area contributed by atoms with Crippen molar-refractivity contribution in [1.82, 2.24) is 10.4 Å². The van der Waals surface area contributed by atoms with Crippen LogP contribution in [0.1, 0.15) is 12.5 Å². The van der Waals surface area contributed by atoms with Crippen LogP contribution >= 0.6 is 0 Å². The van der Waals surface area contributed by atoms with Crippen LogP contribution in [0.4, 0.5) is 0 Å². The molecule has 15 heavy (non-hydrogen) atoms. The third kappa shape index (κ3) is 1.66. The highest BCUT2D eigenvalue weighted by atomic mass is 16.1. The number of hydrogen-bond donors (Lipinski definition) is 1. The second kappa shape index (κ2) is 3.51. The summed E-state index contributed by atoms with van der Waals surface area (Å²) in [5.41, 5.74) is 3.49. The van der Waals surface area contributed by atoms with Crippen LogP contribution in [0.3, 0.4) is 0 Å². The maximum absolute atomic E-state index is 11.9. The highest BCUT2D eigenvalue weighted by molar-refractivity contribution is 5.98. The normalized spacial score (nSPS) is 25.7. The lowest BCUT2D eigenvalue weighted by molar-refractivity contribution is -0.123. The molecule has 1 N–H and O–H groups in total. The average Bonchev–Trinajstić information content (AvgIpc) is 2.25. The number of ketones is 1. The van der Waals surface area contributed by atoms with Gasteiger partial charge in [0.2, 0.25) is 0 Å². The average molecular weight is 202 g/mol. The number of hydrazine groups is 1. The predicted molar refractivity (Wildman–Crippen MR) is 58.8 cm³/mol. The largest absolute Gasteiger partial charge is 0.317 e. The molecule has 0 saturated heterocycles. The molecule has 0 aromatic heterocycles. The maximum atomic E-state index is 11.9. The lowest BCUT2D eigenvalue weighted by atomic mass is 9.87. The molecule has 78 valence electrons. The van der Waals surface area contributed by atoms with Gasteiger partial charge in [-0.25, -0.2) is 5.43 Å². The summed E-state index contributed by atoms with van der Waals surface area (Å²) in [5.74, 6) is 0.0757. The van der Waals surface area contributed by atoms with Gasteiger partial charge in [0.05, 0.1) is 0 Å². The molecule has 0 aliphatic carbocycles. The van der Waals surface area contributed by atoms with Crippen molar-refractivity contribution < 1.29 is 4.79 Å². The second-order valence-corrected chi connectivity index (χ2v) is 3.89. The van der Waals surface area contributed by atoms with Gasteiger partial charge in [-0.1, -0.05) is 30.3 Å². The zero-order valence-corrected chi connectivity index (χ0v) is 8.90. The molecule has 1 aliphatic rings. The monoisotopic (exact) mass is 202 g/mol. The summed E-state index contributed by atoms with van der Waals surface area (Å²) < 4.78 is 0. The minimum atomic E-state index is -0.648. The van der Waals surface area contributed by atoms with Crippen LogP contribution in [0.5, 0.6) is 0 Å². The second-order valence-electron chi connectivity index (χ2n) is 3.89. The van der Waals surface area contributed by atoms with Gasteiger partial charge >= 0.3 is 0 Å². The van der Waals surface area contributed by atoms with Crippen LogP contribution in [0.25, 0.3) is 0 Å². The smallest absolute Gasteiger partial charge is 0.183 e. The summed E-state index contributed by atoms with van der Waals surface area (Å²) in [5, 5.41) is 1.80. The maximum Gasteiger partial charge on any atom is 0.183 e. The van der Waals surface area contributed by atoms with Crippen LogP contribution in [-0.4, -0.2) is 17.8 Å². The van der Waals surface area contributed by atoms with Gasteiger partial charge in [0.15, 0.2) is 5.78 Å². The first-order valence-electron chi connectivity index (χ1n) is 4.92. The Bertz CT molecular complexity index is 399. The Balaban J connectivity index is 2.42. The highest BCUT2D eigenvalue weighted by Gasteiger charge is 2.36. The molecular weight excluding hydrogens is 188 g/mol. The summed E-state index contributed by atoms with van der Waals surface area (Å²) >= 11 is 0. The van der Waals surface area contributed by atoms with Crippen LogP contribution in [0.15, 0.2) is 42.6 Å². The first kappa shape index (κ1) is 9.93. The molecule has 0 bridgehead atoms. The van der Waals surface area contributed by atoms with Gasteiger partial charge in [0, 0.05) is 19.3 Å². The highest BCUT2D eigenvalue weighted by Crippen LogP contribution is 2.24. The van der Waals surface area contributed by atoms with Crippen LogP contribution in [0.2, 0.25) is 0 Å². The van der Waals surface area contributed by atoms with Crippen molar-refractivity contribution in [3.63, 3.8) is 0 Å². The molecule has 1 aliphatic heterocycles. The summed E-state index contributed by atoms with van der Waals surface area (Å²) in [7, 11) is 1.88. The molecule has 3 nitrogen and oxygen atoms in total. The fourth-order valence-electron chi connectivity index (χ4n) is 1.77. The summed E-state index contributed by atoms with van der Waals surface area (Å²) in [4.78, 5) is 11.9. The van der Waals surface area contributed by atoms with Crippen molar-refractivity contribution in [2.24, 2.45) is 0 Å². The van der Waals surface area contributed by atoms with Crippen molar-refractivity contribution >= 4 is 5.78 Å². The SMILES string of the molecule is CN1C=CC(=O)C(C)(c2ccccc2)N1. The van der Waals surface area contributed by atoms with Crippen LogP contribution in [0, 0.1) is 0 Å². The Labute approximate surface area is 89.4 Å². The minimum absolute atomic E-state index is 0.0757. The van der Waals surface area contributed by atoms with E-state index in [1.54, 1.807) is 17.3 Å². The fraction of sp³-hybridized carbons (Fsp3) is 0.250. The van der Waals surface area contributed by atoms with Crippen molar-refractivity contribution in [3.8, 4) is 0 Å². The number of carbonyl (C=O) groups excluding carboxylic acids is 1. The Morgan fingerprint density at radius 1 is 1.27 bits per heavy atom. The standard InChI is InChI=1S/C12H14N2O/c1-12(10-6-4-3-5-7-10)11(15)8-9-14(2)13-12/h3-9,13H,1-2H3. The molecule has 3 heteroatoms. The Morgan fingerprint density at radius 3 is 2.60 bits per heavy atom. The van der Waals surface area contributed by atoms with Gasteiger partial charge < -0.3 is 5.01 Å². The summed E-state index contributed by atoms with van der Waals surface area (Å²) in [6, 6.07) is 9.73. The number of nitrogens with zero attached hydrogens (tertiary/aromatic N) is 1. The van der Waals surface area contributed by atoms with E-state index in [1.807, 2.05) is 44.3 Å². The van der Waals surface area contributed by atoms with Crippen molar-refractivity contribution in [2.45, 2.75) is 12.5 Å². The van der Waals surface area contributed by atoms with Gasteiger partial charge in [0.25, 0.3) is 0 Å². The Morgan fingerprint density at radius 2 is 1.93 bits per heavy atom. The van der Waals surface area contributed by atoms with E-state index in [0.29, 0.717) is 0 Å². The van der Waals surface area contributed by atoms with Crippen LogP contribution < -0.4 is 5.43 Å². The van der Waals surface area contributed by atoms with Gasteiger partial charge in [-0.2, -0.15) is 0 Å². The molecule has 1 heterocycles. The lowest BCUT2D eigenvalue weighted by Gasteiger charge is -2.36. The molecule has 2 rings (SSSR count). The van der Waals surface area contributed by atoms with Crippen molar-refractivity contribution in [3.05, 3.63) is 48.2 Å². The van der Waals surface area contributed by atoms with Crippen LogP contribution in [-0.2, 0) is 10.3 Å². The Hall–Kier alpha value is -1.61. The molecule has 0 saturated carbocycles. The van der Waals surface area contributed by atoms with E-state index >= 15 is 0 Å². The van der Waals surface area contributed by atoms with E-state index in [9.17, 15) is 4.79 Å². The van der Waals surface area contributed by atoms with Gasteiger partial charge in [-0.05, 0) is 12.5 Å². The van der Waals surface area contributed by atoms with Crippen molar-refractivity contribution in [1.29, 1.82) is 0 Å². The summed E-state index contributed by atoms with van der Waals surface area (Å²) in [6.07, 6.45) is 3.33. The fourth-order valence-corrected chi connectivity index (χ4v) is 1.77. The van der Waals surface area contributed by atoms with E-state index in [4.69, 9.17) is 0 Å². The van der Waals surface area contributed by atoms with E-state index in [-0.39, 0.29) is 5.78 Å². The van der Waals surface area contributed by atoms with E-state index in [0.717, 1.165) is 5.56 Å². The zero-order valence-electron chi connectivity index (χ0n) is 8.90.